The first-order valence-corrected chi connectivity index (χ1v) is 3.98. The van der Waals surface area contributed by atoms with Crippen LogP contribution < -0.4 is 16.8 Å². The molecule has 0 radical (unpaired) electrons. The minimum atomic E-state index is -1.21. The van der Waals surface area contributed by atoms with Crippen molar-refractivity contribution in [2.75, 3.05) is 6.54 Å². The van der Waals surface area contributed by atoms with E-state index in [4.69, 9.17) is 16.6 Å². The fourth-order valence-electron chi connectivity index (χ4n) is 0.797. The molecule has 0 bridgehead atoms. The molecule has 82 valence electrons. The standard InChI is InChI=1S/C7H13N3O4.Zn/c8-3-6(12)10-4(7(13)14)1-2-5(9)11;/h4H,1-3,8H2,(H2,9,11)(H,10,12)(H,13,14);/t4-;/m0./s1. The van der Waals surface area contributed by atoms with Gasteiger partial charge in [0.05, 0.1) is 6.54 Å². The summed E-state index contributed by atoms with van der Waals surface area (Å²) in [5.41, 5.74) is 9.81. The van der Waals surface area contributed by atoms with Crippen LogP contribution in [0, 0.1) is 0 Å². The van der Waals surface area contributed by atoms with Crippen molar-refractivity contribution in [2.24, 2.45) is 11.5 Å². The van der Waals surface area contributed by atoms with Crippen LogP contribution in [0.2, 0.25) is 0 Å². The summed E-state index contributed by atoms with van der Waals surface area (Å²) in [5, 5.41) is 10.8. The zero-order valence-electron chi connectivity index (χ0n) is 8.23. The summed E-state index contributed by atoms with van der Waals surface area (Å²) in [6, 6.07) is -1.11. The molecular weight excluding hydrogens is 255 g/mol. The van der Waals surface area contributed by atoms with Crippen molar-refractivity contribution in [1.82, 2.24) is 5.32 Å². The molecule has 0 saturated carbocycles. The van der Waals surface area contributed by atoms with E-state index in [9.17, 15) is 14.4 Å². The van der Waals surface area contributed by atoms with Crippen molar-refractivity contribution in [3.63, 3.8) is 0 Å². The van der Waals surface area contributed by atoms with Gasteiger partial charge < -0.3 is 21.9 Å². The summed E-state index contributed by atoms with van der Waals surface area (Å²) >= 11 is 0. The predicted octanol–water partition coefficient (Wildman–Crippen LogP) is -2.22. The number of hydrogen-bond donors (Lipinski definition) is 4. The summed E-state index contributed by atoms with van der Waals surface area (Å²) in [5.74, 6) is -2.41. The van der Waals surface area contributed by atoms with E-state index in [1.54, 1.807) is 0 Å². The normalized spacial score (nSPS) is 11.0. The maximum atomic E-state index is 10.8. The molecule has 0 aromatic carbocycles. The maximum Gasteiger partial charge on any atom is 0.326 e. The van der Waals surface area contributed by atoms with Crippen LogP contribution in [-0.4, -0.2) is 35.5 Å². The Morgan fingerprint density at radius 1 is 1.33 bits per heavy atom. The van der Waals surface area contributed by atoms with Gasteiger partial charge in [-0.05, 0) is 6.42 Å². The molecule has 7 nitrogen and oxygen atoms in total. The zero-order valence-corrected chi connectivity index (χ0v) is 11.2. The third kappa shape index (κ3) is 8.02. The first-order chi connectivity index (χ1) is 6.47. The van der Waals surface area contributed by atoms with Gasteiger partial charge in [0.15, 0.2) is 0 Å². The van der Waals surface area contributed by atoms with E-state index in [2.05, 4.69) is 5.32 Å². The fourth-order valence-corrected chi connectivity index (χ4v) is 0.797. The van der Waals surface area contributed by atoms with Crippen molar-refractivity contribution in [2.45, 2.75) is 18.9 Å². The number of aliphatic carboxylic acids is 1. The Morgan fingerprint density at radius 3 is 2.20 bits per heavy atom. The van der Waals surface area contributed by atoms with E-state index in [0.717, 1.165) is 0 Å². The SMILES string of the molecule is NCC(=O)N[C@@H](CCC(N)=O)C(=O)O.[Zn]. The summed E-state index contributed by atoms with van der Waals surface area (Å²) < 4.78 is 0. The number of carbonyl (C=O) groups is 3. The molecule has 0 fully saturated rings. The topological polar surface area (TPSA) is 136 Å². The second-order valence-electron chi connectivity index (χ2n) is 2.67. The maximum absolute atomic E-state index is 10.8. The third-order valence-corrected chi connectivity index (χ3v) is 1.50. The van der Waals surface area contributed by atoms with Crippen molar-refractivity contribution < 1.29 is 39.0 Å². The molecule has 15 heavy (non-hydrogen) atoms. The Bertz CT molecular complexity index is 246. The number of nitrogens with one attached hydrogen (secondary N) is 1. The average molecular weight is 269 g/mol. The van der Waals surface area contributed by atoms with Crippen molar-refractivity contribution >= 4 is 17.8 Å². The number of hydrogen-bond acceptors (Lipinski definition) is 4. The van der Waals surface area contributed by atoms with Crippen LogP contribution in [0.1, 0.15) is 12.8 Å². The molecular formula is C7H13N3O4Zn. The number of carbonyl (C=O) groups excluding carboxylic acids is 2. The van der Waals surface area contributed by atoms with E-state index in [-0.39, 0.29) is 38.9 Å². The Morgan fingerprint density at radius 2 is 1.87 bits per heavy atom. The zero-order chi connectivity index (χ0) is 11.1. The first kappa shape index (κ1) is 16.4. The van der Waals surface area contributed by atoms with E-state index in [0.29, 0.717) is 0 Å². The minimum Gasteiger partial charge on any atom is -0.480 e. The van der Waals surface area contributed by atoms with Gasteiger partial charge in [-0.2, -0.15) is 0 Å². The molecule has 0 spiro atoms. The molecule has 0 aliphatic heterocycles. The molecule has 0 aromatic heterocycles. The Balaban J connectivity index is 0. The van der Waals surface area contributed by atoms with Gasteiger partial charge in [0.25, 0.3) is 0 Å². The molecule has 0 unspecified atom stereocenters. The number of nitrogens with two attached hydrogens (primary N) is 2. The largest absolute Gasteiger partial charge is 0.480 e. The van der Waals surface area contributed by atoms with Crippen LogP contribution in [-0.2, 0) is 33.9 Å². The summed E-state index contributed by atoms with van der Waals surface area (Å²) in [6.07, 6.45) is -0.127. The number of carboxylic acids is 1. The molecule has 0 aromatic rings. The fraction of sp³-hybridized carbons (Fsp3) is 0.571. The van der Waals surface area contributed by atoms with Crippen LogP contribution in [0.25, 0.3) is 0 Å². The molecule has 1 atom stereocenters. The average Bonchev–Trinajstić information content (AvgIpc) is 2.10. The molecule has 0 heterocycles. The van der Waals surface area contributed by atoms with Crippen LogP contribution in [0.5, 0.6) is 0 Å². The van der Waals surface area contributed by atoms with Crippen molar-refractivity contribution in [3.05, 3.63) is 0 Å². The monoisotopic (exact) mass is 267 g/mol. The molecule has 0 saturated heterocycles. The van der Waals surface area contributed by atoms with E-state index >= 15 is 0 Å². The number of rotatable bonds is 6. The van der Waals surface area contributed by atoms with E-state index in [1.165, 1.54) is 0 Å². The molecule has 8 heteroatoms. The number of primary amides is 1. The minimum absolute atomic E-state index is 0. The Labute approximate surface area is 99.3 Å². The smallest absolute Gasteiger partial charge is 0.326 e. The van der Waals surface area contributed by atoms with Gasteiger partial charge in [-0.1, -0.05) is 0 Å². The van der Waals surface area contributed by atoms with Gasteiger partial charge >= 0.3 is 5.97 Å². The second kappa shape index (κ2) is 8.31. The van der Waals surface area contributed by atoms with Crippen molar-refractivity contribution in [3.8, 4) is 0 Å². The van der Waals surface area contributed by atoms with Crippen molar-refractivity contribution in [1.29, 1.82) is 0 Å². The Hall–Kier alpha value is -1.01. The van der Waals surface area contributed by atoms with Gasteiger partial charge in [-0.25, -0.2) is 4.79 Å². The second-order valence-corrected chi connectivity index (χ2v) is 2.67. The number of amides is 2. The summed E-state index contributed by atoms with van der Waals surface area (Å²) in [7, 11) is 0. The van der Waals surface area contributed by atoms with E-state index in [1.807, 2.05) is 0 Å². The van der Waals surface area contributed by atoms with Crippen LogP contribution in [0.4, 0.5) is 0 Å². The Kier molecular flexibility index (Phi) is 9.10. The molecule has 0 rings (SSSR count). The summed E-state index contributed by atoms with van der Waals surface area (Å²) in [4.78, 5) is 31.7. The van der Waals surface area contributed by atoms with Gasteiger partial charge in [-0.3, -0.25) is 9.59 Å². The van der Waals surface area contributed by atoms with Gasteiger partial charge in [-0.15, -0.1) is 0 Å². The van der Waals surface area contributed by atoms with Crippen LogP contribution in [0.3, 0.4) is 0 Å². The number of carboxylic acid groups (broad SMARTS) is 1. The van der Waals surface area contributed by atoms with E-state index < -0.39 is 23.8 Å². The predicted molar refractivity (Wildman–Crippen MR) is 47.0 cm³/mol. The van der Waals surface area contributed by atoms with Gasteiger partial charge in [0.1, 0.15) is 6.04 Å². The van der Waals surface area contributed by atoms with Gasteiger partial charge in [0.2, 0.25) is 11.8 Å². The summed E-state index contributed by atoms with van der Waals surface area (Å²) in [6.45, 7) is -0.291. The van der Waals surface area contributed by atoms with Crippen LogP contribution >= 0.6 is 0 Å². The third-order valence-electron chi connectivity index (χ3n) is 1.50. The molecule has 2 amide bonds. The van der Waals surface area contributed by atoms with Crippen LogP contribution in [0.15, 0.2) is 0 Å². The first-order valence-electron chi connectivity index (χ1n) is 3.98. The van der Waals surface area contributed by atoms with Gasteiger partial charge in [0, 0.05) is 25.9 Å². The molecule has 0 aliphatic rings. The molecule has 6 N–H and O–H groups in total. The molecule has 0 aliphatic carbocycles. The quantitative estimate of drug-likeness (QED) is 0.405.